The average Bonchev–Trinajstić information content (AvgIpc) is 2.28. The minimum Gasteiger partial charge on any atom is -0.459 e. The van der Waals surface area contributed by atoms with Crippen LogP contribution in [0.2, 0.25) is 0 Å². The van der Waals surface area contributed by atoms with Gasteiger partial charge in [-0.15, -0.1) is 0 Å². The van der Waals surface area contributed by atoms with Crippen molar-refractivity contribution in [1.82, 2.24) is 4.98 Å². The molecule has 0 saturated heterocycles. The summed E-state index contributed by atoms with van der Waals surface area (Å²) in [5.74, 6) is 0.163. The largest absolute Gasteiger partial charge is 0.459 e. The minimum atomic E-state index is -0.591. The molecule has 2 unspecified atom stereocenters. The number of rotatable bonds is 2. The number of pyridine rings is 1. The summed E-state index contributed by atoms with van der Waals surface area (Å²) in [5.41, 5.74) is 0.308. The van der Waals surface area contributed by atoms with Gasteiger partial charge in [0.15, 0.2) is 0 Å². The molecule has 0 aliphatic heterocycles. The van der Waals surface area contributed by atoms with Crippen molar-refractivity contribution in [3.8, 4) is 0 Å². The van der Waals surface area contributed by atoms with Gasteiger partial charge in [0.05, 0.1) is 5.56 Å². The van der Waals surface area contributed by atoms with E-state index >= 15 is 0 Å². The molecule has 2 atom stereocenters. The molecule has 18 heavy (non-hydrogen) atoms. The Morgan fingerprint density at radius 1 is 1.28 bits per heavy atom. The van der Waals surface area contributed by atoms with E-state index in [9.17, 15) is 9.18 Å². The summed E-state index contributed by atoms with van der Waals surface area (Å²) in [5, 5.41) is 0. The fourth-order valence-electron chi connectivity index (χ4n) is 2.69. The Balaban J connectivity index is 1.96. The van der Waals surface area contributed by atoms with E-state index < -0.39 is 11.9 Å². The van der Waals surface area contributed by atoms with E-state index in [4.69, 9.17) is 4.74 Å². The van der Waals surface area contributed by atoms with Crippen molar-refractivity contribution in [1.29, 1.82) is 0 Å². The third-order valence-electron chi connectivity index (χ3n) is 3.37. The standard InChI is InChI=1S/C14H18FNO2/c1-9-5-10(2)7-12(6-9)18-14(17)11-3-4-13(15)16-8-11/h3-4,8-10,12H,5-7H2,1-2H3. The third-order valence-corrected chi connectivity index (χ3v) is 3.37. The Morgan fingerprint density at radius 2 is 1.94 bits per heavy atom. The number of hydrogen-bond acceptors (Lipinski definition) is 3. The second-order valence-electron chi connectivity index (χ2n) is 5.31. The van der Waals surface area contributed by atoms with Gasteiger partial charge in [-0.1, -0.05) is 13.8 Å². The van der Waals surface area contributed by atoms with Crippen LogP contribution in [0.15, 0.2) is 18.3 Å². The molecule has 0 bridgehead atoms. The maximum absolute atomic E-state index is 12.6. The van der Waals surface area contributed by atoms with Gasteiger partial charge in [0.1, 0.15) is 6.10 Å². The number of halogens is 1. The van der Waals surface area contributed by atoms with Crippen molar-refractivity contribution in [3.63, 3.8) is 0 Å². The van der Waals surface area contributed by atoms with E-state index in [1.807, 2.05) is 0 Å². The van der Waals surface area contributed by atoms with Crippen molar-refractivity contribution in [2.75, 3.05) is 0 Å². The number of ether oxygens (including phenoxy) is 1. The van der Waals surface area contributed by atoms with E-state index in [1.54, 1.807) is 0 Å². The normalized spacial score (nSPS) is 27.8. The van der Waals surface area contributed by atoms with Gasteiger partial charge < -0.3 is 4.74 Å². The summed E-state index contributed by atoms with van der Waals surface area (Å²) in [6.45, 7) is 4.35. The predicted molar refractivity (Wildman–Crippen MR) is 65.6 cm³/mol. The molecule has 1 heterocycles. The van der Waals surface area contributed by atoms with Gasteiger partial charge in [-0.05, 0) is 43.2 Å². The van der Waals surface area contributed by atoms with Crippen LogP contribution in [0.4, 0.5) is 4.39 Å². The fraction of sp³-hybridized carbons (Fsp3) is 0.571. The number of nitrogens with zero attached hydrogens (tertiary/aromatic N) is 1. The van der Waals surface area contributed by atoms with Crippen molar-refractivity contribution >= 4 is 5.97 Å². The van der Waals surface area contributed by atoms with Crippen LogP contribution in [0, 0.1) is 17.8 Å². The van der Waals surface area contributed by atoms with E-state index in [0.717, 1.165) is 12.8 Å². The van der Waals surface area contributed by atoms with Gasteiger partial charge >= 0.3 is 5.97 Å². The average molecular weight is 251 g/mol. The SMILES string of the molecule is CC1CC(C)CC(OC(=O)c2ccc(F)nc2)C1. The number of hydrogen-bond donors (Lipinski definition) is 0. The monoisotopic (exact) mass is 251 g/mol. The van der Waals surface area contributed by atoms with Gasteiger partial charge in [0, 0.05) is 6.20 Å². The lowest BCUT2D eigenvalue weighted by molar-refractivity contribution is 0.00801. The van der Waals surface area contributed by atoms with E-state index in [-0.39, 0.29) is 6.10 Å². The molecular weight excluding hydrogens is 233 g/mol. The first kappa shape index (κ1) is 13.0. The summed E-state index contributed by atoms with van der Waals surface area (Å²) < 4.78 is 18.1. The maximum Gasteiger partial charge on any atom is 0.339 e. The smallest absolute Gasteiger partial charge is 0.339 e. The molecule has 98 valence electrons. The van der Waals surface area contributed by atoms with E-state index in [1.165, 1.54) is 24.8 Å². The molecule has 1 aliphatic rings. The highest BCUT2D eigenvalue weighted by atomic mass is 19.1. The molecule has 0 aromatic carbocycles. The van der Waals surface area contributed by atoms with Crippen molar-refractivity contribution in [2.24, 2.45) is 11.8 Å². The second-order valence-corrected chi connectivity index (χ2v) is 5.31. The highest BCUT2D eigenvalue weighted by Gasteiger charge is 2.27. The van der Waals surface area contributed by atoms with E-state index in [2.05, 4.69) is 18.8 Å². The van der Waals surface area contributed by atoms with Crippen LogP contribution in [0.3, 0.4) is 0 Å². The molecule has 0 N–H and O–H groups in total. The third kappa shape index (κ3) is 3.28. The lowest BCUT2D eigenvalue weighted by Crippen LogP contribution is -2.28. The highest BCUT2D eigenvalue weighted by Crippen LogP contribution is 2.30. The summed E-state index contributed by atoms with van der Waals surface area (Å²) in [6.07, 6.45) is 4.19. The Labute approximate surface area is 106 Å². The molecule has 1 aliphatic carbocycles. The lowest BCUT2D eigenvalue weighted by atomic mass is 9.82. The quantitative estimate of drug-likeness (QED) is 0.598. The van der Waals surface area contributed by atoms with Crippen molar-refractivity contribution in [3.05, 3.63) is 29.8 Å². The van der Waals surface area contributed by atoms with Gasteiger partial charge in [-0.25, -0.2) is 9.78 Å². The van der Waals surface area contributed by atoms with E-state index in [0.29, 0.717) is 17.4 Å². The predicted octanol–water partition coefficient (Wildman–Crippen LogP) is 3.20. The minimum absolute atomic E-state index is 0.0266. The molecular formula is C14H18FNO2. The fourth-order valence-corrected chi connectivity index (χ4v) is 2.69. The molecule has 2 rings (SSSR count). The zero-order valence-electron chi connectivity index (χ0n) is 10.7. The number of aromatic nitrogens is 1. The Bertz CT molecular complexity index is 408. The van der Waals surface area contributed by atoms with Gasteiger partial charge in [0.2, 0.25) is 5.95 Å². The van der Waals surface area contributed by atoms with Gasteiger partial charge in [0.25, 0.3) is 0 Å². The van der Waals surface area contributed by atoms with Crippen molar-refractivity contribution < 1.29 is 13.9 Å². The molecule has 4 heteroatoms. The zero-order chi connectivity index (χ0) is 13.1. The summed E-state index contributed by atoms with van der Waals surface area (Å²) >= 11 is 0. The van der Waals surface area contributed by atoms with Crippen LogP contribution in [-0.4, -0.2) is 17.1 Å². The van der Waals surface area contributed by atoms with Crippen LogP contribution in [0.1, 0.15) is 43.5 Å². The van der Waals surface area contributed by atoms with Crippen LogP contribution >= 0.6 is 0 Å². The molecule has 1 aromatic heterocycles. The van der Waals surface area contributed by atoms with Crippen molar-refractivity contribution in [2.45, 2.75) is 39.2 Å². The molecule has 1 aromatic rings. The number of carbonyl (C=O) groups is 1. The lowest BCUT2D eigenvalue weighted by Gasteiger charge is -2.30. The first-order valence-electron chi connectivity index (χ1n) is 6.37. The first-order valence-corrected chi connectivity index (χ1v) is 6.37. The zero-order valence-corrected chi connectivity index (χ0v) is 10.7. The van der Waals surface area contributed by atoms with Gasteiger partial charge in [-0.3, -0.25) is 0 Å². The topological polar surface area (TPSA) is 39.2 Å². The molecule has 1 fully saturated rings. The Morgan fingerprint density at radius 3 is 2.50 bits per heavy atom. The number of carbonyl (C=O) groups excluding carboxylic acids is 1. The first-order chi connectivity index (χ1) is 8.54. The summed E-state index contributed by atoms with van der Waals surface area (Å²) in [7, 11) is 0. The molecule has 3 nitrogen and oxygen atoms in total. The van der Waals surface area contributed by atoms with Crippen LogP contribution < -0.4 is 0 Å². The summed E-state index contributed by atoms with van der Waals surface area (Å²) in [4.78, 5) is 15.3. The van der Waals surface area contributed by atoms with Crippen LogP contribution in [-0.2, 0) is 4.74 Å². The Kier molecular flexibility index (Phi) is 3.94. The Hall–Kier alpha value is -1.45. The molecule has 0 radical (unpaired) electrons. The molecule has 0 amide bonds. The molecule has 1 saturated carbocycles. The van der Waals surface area contributed by atoms with Crippen LogP contribution in [0.25, 0.3) is 0 Å². The molecule has 0 spiro atoms. The maximum atomic E-state index is 12.6. The second kappa shape index (κ2) is 5.46. The van der Waals surface area contributed by atoms with Crippen LogP contribution in [0.5, 0.6) is 0 Å². The summed E-state index contributed by atoms with van der Waals surface area (Å²) in [6, 6.07) is 2.57. The highest BCUT2D eigenvalue weighted by molar-refractivity contribution is 5.89. The van der Waals surface area contributed by atoms with Gasteiger partial charge in [-0.2, -0.15) is 4.39 Å². The number of esters is 1.